The Balaban J connectivity index is 2.29. The summed E-state index contributed by atoms with van der Waals surface area (Å²) in [5.74, 6) is 1.72. The number of thiazole rings is 1. The summed E-state index contributed by atoms with van der Waals surface area (Å²) in [4.78, 5) is 4.56. The molecule has 80 valence electrons. The number of nitrogens with one attached hydrogen (secondary N) is 1. The molecule has 0 atom stereocenters. The summed E-state index contributed by atoms with van der Waals surface area (Å²) in [6.45, 7) is 6.34. The fourth-order valence-electron chi connectivity index (χ4n) is 1.06. The van der Waals surface area contributed by atoms with Gasteiger partial charge in [0, 0.05) is 30.1 Å². The summed E-state index contributed by atoms with van der Waals surface area (Å²) < 4.78 is 0. The largest absolute Gasteiger partial charge is 0.310 e. The summed E-state index contributed by atoms with van der Waals surface area (Å²) in [7, 11) is 0. The highest BCUT2D eigenvalue weighted by molar-refractivity contribution is 7.98. The van der Waals surface area contributed by atoms with Gasteiger partial charge in [-0.05, 0) is 6.26 Å². The van der Waals surface area contributed by atoms with Gasteiger partial charge in [0.25, 0.3) is 0 Å². The van der Waals surface area contributed by atoms with Crippen LogP contribution in [0.5, 0.6) is 0 Å². The third-order valence-corrected chi connectivity index (χ3v) is 3.66. The van der Waals surface area contributed by atoms with Crippen molar-refractivity contribution >= 4 is 23.1 Å². The highest BCUT2D eigenvalue weighted by Gasteiger charge is 2.04. The van der Waals surface area contributed by atoms with Gasteiger partial charge in [0.15, 0.2) is 0 Å². The van der Waals surface area contributed by atoms with E-state index in [-0.39, 0.29) is 0 Å². The van der Waals surface area contributed by atoms with Crippen molar-refractivity contribution in [2.45, 2.75) is 26.3 Å². The first-order chi connectivity index (χ1) is 6.74. The van der Waals surface area contributed by atoms with E-state index in [1.54, 1.807) is 11.3 Å². The van der Waals surface area contributed by atoms with E-state index in [0.717, 1.165) is 13.1 Å². The van der Waals surface area contributed by atoms with Gasteiger partial charge in [0.1, 0.15) is 0 Å². The molecule has 0 spiro atoms. The van der Waals surface area contributed by atoms with Gasteiger partial charge in [-0.25, -0.2) is 4.98 Å². The molecule has 0 saturated heterocycles. The minimum absolute atomic E-state index is 0.556. The number of aromatic nitrogens is 1. The van der Waals surface area contributed by atoms with E-state index in [1.165, 1.54) is 16.5 Å². The quantitative estimate of drug-likeness (QED) is 0.761. The van der Waals surface area contributed by atoms with Crippen molar-refractivity contribution in [3.8, 4) is 0 Å². The number of rotatable bonds is 6. The molecule has 0 aliphatic rings. The van der Waals surface area contributed by atoms with Crippen LogP contribution in [-0.2, 0) is 6.54 Å². The van der Waals surface area contributed by atoms with Crippen LogP contribution in [0.15, 0.2) is 5.38 Å². The van der Waals surface area contributed by atoms with Crippen LogP contribution in [0.4, 0.5) is 0 Å². The van der Waals surface area contributed by atoms with Crippen molar-refractivity contribution in [3.05, 3.63) is 16.1 Å². The Morgan fingerprint density at radius 2 is 2.36 bits per heavy atom. The summed E-state index contributed by atoms with van der Waals surface area (Å²) in [6.07, 6.45) is 2.13. The van der Waals surface area contributed by atoms with E-state index in [4.69, 9.17) is 0 Å². The molecule has 1 rings (SSSR count). The average Bonchev–Trinajstić information content (AvgIpc) is 2.61. The van der Waals surface area contributed by atoms with E-state index in [1.807, 2.05) is 11.8 Å². The van der Waals surface area contributed by atoms with Crippen molar-refractivity contribution in [2.24, 2.45) is 0 Å². The molecule has 1 aromatic rings. The van der Waals surface area contributed by atoms with Crippen molar-refractivity contribution in [3.63, 3.8) is 0 Å². The Morgan fingerprint density at radius 3 is 2.93 bits per heavy atom. The molecule has 0 radical (unpaired) electrons. The van der Waals surface area contributed by atoms with Crippen LogP contribution >= 0.6 is 23.1 Å². The molecule has 0 aromatic carbocycles. The van der Waals surface area contributed by atoms with Gasteiger partial charge in [-0.15, -0.1) is 11.3 Å². The highest BCUT2D eigenvalue weighted by Crippen LogP contribution is 2.18. The van der Waals surface area contributed by atoms with Gasteiger partial charge in [-0.2, -0.15) is 11.8 Å². The minimum Gasteiger partial charge on any atom is -0.310 e. The molecular formula is C10H18N2S2. The standard InChI is InChI=1S/C10H18N2S2/c1-8(2)10-12-9(7-14-10)6-11-4-5-13-3/h7-8,11H,4-6H2,1-3H3. The summed E-state index contributed by atoms with van der Waals surface area (Å²) in [5, 5.41) is 6.77. The monoisotopic (exact) mass is 230 g/mol. The molecule has 1 heterocycles. The second-order valence-electron chi connectivity index (χ2n) is 3.50. The Labute approximate surface area is 94.5 Å². The number of thioether (sulfide) groups is 1. The van der Waals surface area contributed by atoms with E-state index >= 15 is 0 Å². The lowest BCUT2D eigenvalue weighted by molar-refractivity contribution is 0.712. The van der Waals surface area contributed by atoms with Gasteiger partial charge in [-0.3, -0.25) is 0 Å². The molecule has 0 unspecified atom stereocenters. The first-order valence-electron chi connectivity index (χ1n) is 4.88. The summed E-state index contributed by atoms with van der Waals surface area (Å²) >= 11 is 3.63. The molecule has 0 fully saturated rings. The zero-order valence-electron chi connectivity index (χ0n) is 9.04. The maximum atomic E-state index is 4.56. The van der Waals surface area contributed by atoms with Crippen LogP contribution in [0.25, 0.3) is 0 Å². The molecule has 0 amide bonds. The molecule has 4 heteroatoms. The van der Waals surface area contributed by atoms with E-state index in [9.17, 15) is 0 Å². The smallest absolute Gasteiger partial charge is 0.0954 e. The van der Waals surface area contributed by atoms with Crippen molar-refractivity contribution in [1.82, 2.24) is 10.3 Å². The molecule has 1 N–H and O–H groups in total. The number of hydrogen-bond acceptors (Lipinski definition) is 4. The van der Waals surface area contributed by atoms with Crippen molar-refractivity contribution in [1.29, 1.82) is 0 Å². The SMILES string of the molecule is CSCCNCc1csc(C(C)C)n1. The summed E-state index contributed by atoms with van der Waals surface area (Å²) in [5.41, 5.74) is 1.18. The van der Waals surface area contributed by atoms with Gasteiger partial charge in [0.05, 0.1) is 10.7 Å². The predicted octanol–water partition coefficient (Wildman–Crippen LogP) is 2.72. The second kappa shape index (κ2) is 6.43. The molecule has 0 aliphatic heterocycles. The van der Waals surface area contributed by atoms with Crippen molar-refractivity contribution < 1.29 is 0 Å². The molecule has 1 aromatic heterocycles. The predicted molar refractivity (Wildman–Crippen MR) is 66.3 cm³/mol. The Kier molecular flexibility index (Phi) is 5.52. The third-order valence-electron chi connectivity index (χ3n) is 1.85. The lowest BCUT2D eigenvalue weighted by Crippen LogP contribution is -2.16. The molecule has 0 aliphatic carbocycles. The number of hydrogen-bond donors (Lipinski definition) is 1. The van der Waals surface area contributed by atoms with Crippen LogP contribution in [0, 0.1) is 0 Å². The van der Waals surface area contributed by atoms with Crippen LogP contribution in [0.1, 0.15) is 30.5 Å². The Morgan fingerprint density at radius 1 is 1.57 bits per heavy atom. The fourth-order valence-corrected chi connectivity index (χ4v) is 2.24. The molecule has 2 nitrogen and oxygen atoms in total. The van der Waals surface area contributed by atoms with Gasteiger partial charge >= 0.3 is 0 Å². The lowest BCUT2D eigenvalue weighted by atomic mass is 10.2. The molecule has 0 bridgehead atoms. The first kappa shape index (κ1) is 12.0. The molecular weight excluding hydrogens is 212 g/mol. The maximum Gasteiger partial charge on any atom is 0.0954 e. The number of nitrogens with zero attached hydrogens (tertiary/aromatic N) is 1. The Bertz CT molecular complexity index is 258. The van der Waals surface area contributed by atoms with Crippen molar-refractivity contribution in [2.75, 3.05) is 18.6 Å². The first-order valence-corrected chi connectivity index (χ1v) is 7.15. The van der Waals surface area contributed by atoms with Crippen LogP contribution in [0.2, 0.25) is 0 Å². The fraction of sp³-hybridized carbons (Fsp3) is 0.700. The maximum absolute atomic E-state index is 4.56. The van der Waals surface area contributed by atoms with Gasteiger partial charge < -0.3 is 5.32 Å². The second-order valence-corrected chi connectivity index (χ2v) is 5.38. The van der Waals surface area contributed by atoms with E-state index in [0.29, 0.717) is 5.92 Å². The topological polar surface area (TPSA) is 24.9 Å². The third kappa shape index (κ3) is 3.98. The summed E-state index contributed by atoms with van der Waals surface area (Å²) in [6, 6.07) is 0. The van der Waals surface area contributed by atoms with E-state index < -0.39 is 0 Å². The normalized spacial score (nSPS) is 11.1. The van der Waals surface area contributed by atoms with Crippen LogP contribution in [0.3, 0.4) is 0 Å². The average molecular weight is 230 g/mol. The highest BCUT2D eigenvalue weighted by atomic mass is 32.2. The molecule has 0 saturated carbocycles. The van der Waals surface area contributed by atoms with Crippen LogP contribution in [-0.4, -0.2) is 23.5 Å². The van der Waals surface area contributed by atoms with Gasteiger partial charge in [-0.1, -0.05) is 13.8 Å². The van der Waals surface area contributed by atoms with Gasteiger partial charge in [0.2, 0.25) is 0 Å². The minimum atomic E-state index is 0.556. The Hall–Kier alpha value is -0.0600. The zero-order chi connectivity index (χ0) is 10.4. The van der Waals surface area contributed by atoms with Crippen LogP contribution < -0.4 is 5.32 Å². The zero-order valence-corrected chi connectivity index (χ0v) is 10.7. The molecule has 14 heavy (non-hydrogen) atoms. The lowest BCUT2D eigenvalue weighted by Gasteiger charge is -2.00. The van der Waals surface area contributed by atoms with E-state index in [2.05, 4.69) is 35.8 Å².